The van der Waals surface area contributed by atoms with Gasteiger partial charge in [0.2, 0.25) is 0 Å². The molecule has 1 N–H and O–H groups in total. The van der Waals surface area contributed by atoms with Crippen molar-refractivity contribution in [3.05, 3.63) is 46.9 Å². The highest BCUT2D eigenvalue weighted by Crippen LogP contribution is 2.20. The fraction of sp³-hybridized carbons (Fsp3) is 0.357. The largest absolute Gasteiger partial charge is 0.486 e. The number of hydrogen-bond acceptors (Lipinski definition) is 5. The summed E-state index contributed by atoms with van der Waals surface area (Å²) in [5.41, 5.74) is 1.83. The SMILES string of the molecule is O[C@@H]1CN(Cc2cncs2)C[C@H]1Oc1ccccc1. The number of benzene rings is 1. The number of likely N-dealkylation sites (tertiary alicyclic amines) is 1. The highest BCUT2D eigenvalue weighted by atomic mass is 32.1. The molecule has 19 heavy (non-hydrogen) atoms. The molecule has 2 aromatic rings. The van der Waals surface area contributed by atoms with Gasteiger partial charge in [0, 0.05) is 30.7 Å². The summed E-state index contributed by atoms with van der Waals surface area (Å²) in [6, 6.07) is 9.66. The maximum Gasteiger partial charge on any atom is 0.138 e. The van der Waals surface area contributed by atoms with Crippen LogP contribution in [0, 0.1) is 0 Å². The number of β-amino-alcohol motifs (C(OH)–C–C–N with tert-alkyl or cyclic N) is 1. The van der Waals surface area contributed by atoms with E-state index >= 15 is 0 Å². The zero-order chi connectivity index (χ0) is 13.1. The first-order valence-corrected chi connectivity index (χ1v) is 7.19. The lowest BCUT2D eigenvalue weighted by Crippen LogP contribution is -2.29. The maximum absolute atomic E-state index is 10.1. The van der Waals surface area contributed by atoms with Crippen LogP contribution in [-0.4, -0.2) is 40.3 Å². The van der Waals surface area contributed by atoms with Crippen molar-refractivity contribution in [3.8, 4) is 5.75 Å². The molecule has 0 spiro atoms. The van der Waals surface area contributed by atoms with Gasteiger partial charge in [-0.2, -0.15) is 0 Å². The molecule has 1 fully saturated rings. The van der Waals surface area contributed by atoms with Gasteiger partial charge in [-0.3, -0.25) is 9.88 Å². The Morgan fingerprint density at radius 1 is 1.32 bits per heavy atom. The minimum absolute atomic E-state index is 0.157. The van der Waals surface area contributed by atoms with E-state index in [0.717, 1.165) is 18.8 Å². The Bertz CT molecular complexity index is 503. The van der Waals surface area contributed by atoms with Crippen LogP contribution >= 0.6 is 11.3 Å². The van der Waals surface area contributed by atoms with E-state index in [1.165, 1.54) is 4.88 Å². The van der Waals surface area contributed by atoms with E-state index in [0.29, 0.717) is 6.54 Å². The normalized spacial score (nSPS) is 23.6. The number of rotatable bonds is 4. The van der Waals surface area contributed by atoms with Crippen molar-refractivity contribution < 1.29 is 9.84 Å². The molecular formula is C14H16N2O2S. The van der Waals surface area contributed by atoms with Crippen LogP contribution in [0.1, 0.15) is 4.88 Å². The van der Waals surface area contributed by atoms with E-state index in [1.54, 1.807) is 11.3 Å². The molecule has 2 heterocycles. The predicted octanol–water partition coefficient (Wildman–Crippen LogP) is 1.77. The standard InChI is InChI=1S/C14H16N2O2S/c17-13-8-16(7-12-6-15-10-19-12)9-14(13)18-11-4-2-1-3-5-11/h1-6,10,13-14,17H,7-9H2/t13-,14-/m1/s1. The van der Waals surface area contributed by atoms with E-state index in [2.05, 4.69) is 9.88 Å². The van der Waals surface area contributed by atoms with Gasteiger partial charge in [0.1, 0.15) is 18.0 Å². The van der Waals surface area contributed by atoms with Gasteiger partial charge in [-0.1, -0.05) is 18.2 Å². The molecule has 1 saturated heterocycles. The molecule has 4 nitrogen and oxygen atoms in total. The summed E-state index contributed by atoms with van der Waals surface area (Å²) in [6.45, 7) is 2.22. The summed E-state index contributed by atoms with van der Waals surface area (Å²) < 4.78 is 5.83. The van der Waals surface area contributed by atoms with E-state index in [4.69, 9.17) is 4.74 Å². The molecule has 0 aliphatic carbocycles. The molecule has 0 radical (unpaired) electrons. The third kappa shape index (κ3) is 3.12. The lowest BCUT2D eigenvalue weighted by Gasteiger charge is -2.16. The van der Waals surface area contributed by atoms with E-state index < -0.39 is 6.10 Å². The van der Waals surface area contributed by atoms with Gasteiger partial charge in [-0.05, 0) is 12.1 Å². The van der Waals surface area contributed by atoms with Crippen LogP contribution in [0.25, 0.3) is 0 Å². The van der Waals surface area contributed by atoms with Crippen LogP contribution in [0.5, 0.6) is 5.75 Å². The van der Waals surface area contributed by atoms with Gasteiger partial charge in [0.05, 0.1) is 5.51 Å². The van der Waals surface area contributed by atoms with E-state index in [-0.39, 0.29) is 6.10 Å². The number of aliphatic hydroxyl groups is 1. The molecule has 1 aromatic carbocycles. The Kier molecular flexibility index (Phi) is 3.77. The third-order valence-electron chi connectivity index (χ3n) is 3.21. The van der Waals surface area contributed by atoms with Gasteiger partial charge >= 0.3 is 0 Å². The van der Waals surface area contributed by atoms with Crippen molar-refractivity contribution in [2.75, 3.05) is 13.1 Å². The number of ether oxygens (including phenoxy) is 1. The molecule has 100 valence electrons. The second-order valence-electron chi connectivity index (χ2n) is 4.70. The average molecular weight is 276 g/mol. The molecule has 1 aliphatic heterocycles. The Balaban J connectivity index is 1.59. The minimum atomic E-state index is -0.437. The lowest BCUT2D eigenvalue weighted by atomic mass is 10.2. The minimum Gasteiger partial charge on any atom is -0.486 e. The highest BCUT2D eigenvalue weighted by Gasteiger charge is 2.33. The highest BCUT2D eigenvalue weighted by molar-refractivity contribution is 7.09. The van der Waals surface area contributed by atoms with Crippen LogP contribution in [0.4, 0.5) is 0 Å². The third-order valence-corrected chi connectivity index (χ3v) is 3.97. The van der Waals surface area contributed by atoms with Crippen molar-refractivity contribution >= 4 is 11.3 Å². The molecule has 3 rings (SSSR count). The number of aromatic nitrogens is 1. The summed E-state index contributed by atoms with van der Waals surface area (Å²) in [5, 5.41) is 10.1. The van der Waals surface area contributed by atoms with Gasteiger partial charge in [0.25, 0.3) is 0 Å². The first kappa shape index (κ1) is 12.6. The number of nitrogens with zero attached hydrogens (tertiary/aromatic N) is 2. The summed E-state index contributed by atoms with van der Waals surface area (Å²) in [4.78, 5) is 7.48. The summed E-state index contributed by atoms with van der Waals surface area (Å²) in [7, 11) is 0. The Hall–Kier alpha value is -1.43. The van der Waals surface area contributed by atoms with Gasteiger partial charge in [-0.25, -0.2) is 0 Å². The van der Waals surface area contributed by atoms with Crippen LogP contribution in [0.15, 0.2) is 42.0 Å². The molecule has 1 aromatic heterocycles. The molecule has 0 bridgehead atoms. The van der Waals surface area contributed by atoms with Crippen LogP contribution in [0.2, 0.25) is 0 Å². The van der Waals surface area contributed by atoms with Gasteiger partial charge < -0.3 is 9.84 Å². The fourth-order valence-corrected chi connectivity index (χ4v) is 2.93. The topological polar surface area (TPSA) is 45.6 Å². The quantitative estimate of drug-likeness (QED) is 0.924. The van der Waals surface area contributed by atoms with Crippen molar-refractivity contribution in [1.29, 1.82) is 0 Å². The first-order valence-electron chi connectivity index (χ1n) is 6.31. The smallest absolute Gasteiger partial charge is 0.138 e. The molecule has 0 unspecified atom stereocenters. The zero-order valence-corrected chi connectivity index (χ0v) is 11.3. The molecule has 0 amide bonds. The summed E-state index contributed by atoms with van der Waals surface area (Å²) in [5.74, 6) is 0.811. The van der Waals surface area contributed by atoms with Crippen molar-refractivity contribution in [2.24, 2.45) is 0 Å². The monoisotopic (exact) mass is 276 g/mol. The van der Waals surface area contributed by atoms with Crippen LogP contribution < -0.4 is 4.74 Å². The van der Waals surface area contributed by atoms with Gasteiger partial charge in [-0.15, -0.1) is 11.3 Å². The van der Waals surface area contributed by atoms with Crippen molar-refractivity contribution in [3.63, 3.8) is 0 Å². The van der Waals surface area contributed by atoms with Crippen LogP contribution in [0.3, 0.4) is 0 Å². The lowest BCUT2D eigenvalue weighted by molar-refractivity contribution is 0.0737. The summed E-state index contributed by atoms with van der Waals surface area (Å²) in [6.07, 6.45) is 1.28. The van der Waals surface area contributed by atoms with Crippen LogP contribution in [-0.2, 0) is 6.54 Å². The van der Waals surface area contributed by atoms with Crippen molar-refractivity contribution in [1.82, 2.24) is 9.88 Å². The number of hydrogen-bond donors (Lipinski definition) is 1. The Labute approximate surface area is 116 Å². The number of para-hydroxylation sites is 1. The second kappa shape index (κ2) is 5.69. The predicted molar refractivity (Wildman–Crippen MR) is 74.3 cm³/mol. The maximum atomic E-state index is 10.1. The number of thiazole rings is 1. The van der Waals surface area contributed by atoms with E-state index in [1.807, 2.05) is 42.0 Å². The molecule has 5 heteroatoms. The zero-order valence-electron chi connectivity index (χ0n) is 10.5. The Morgan fingerprint density at radius 2 is 2.16 bits per heavy atom. The molecule has 1 aliphatic rings. The summed E-state index contributed by atoms with van der Waals surface area (Å²) >= 11 is 1.64. The molecule has 2 atom stereocenters. The Morgan fingerprint density at radius 3 is 2.89 bits per heavy atom. The second-order valence-corrected chi connectivity index (χ2v) is 5.67. The van der Waals surface area contributed by atoms with E-state index in [9.17, 15) is 5.11 Å². The number of aliphatic hydroxyl groups excluding tert-OH is 1. The van der Waals surface area contributed by atoms with Crippen molar-refractivity contribution in [2.45, 2.75) is 18.8 Å². The molecular weight excluding hydrogens is 260 g/mol. The fourth-order valence-electron chi connectivity index (χ4n) is 2.29. The first-order chi connectivity index (χ1) is 9.31. The van der Waals surface area contributed by atoms with Gasteiger partial charge in [0.15, 0.2) is 0 Å². The average Bonchev–Trinajstić information content (AvgIpc) is 3.02. The molecule has 0 saturated carbocycles.